The molecule has 0 radical (unpaired) electrons. The predicted molar refractivity (Wildman–Crippen MR) is 87.1 cm³/mol. The zero-order valence-corrected chi connectivity index (χ0v) is 14.9. The fraction of sp³-hybridized carbons (Fsp3) is 0.950. The van der Waals surface area contributed by atoms with Gasteiger partial charge in [-0.1, -0.05) is 27.7 Å². The summed E-state index contributed by atoms with van der Waals surface area (Å²) in [7, 11) is 0. The molecule has 22 heavy (non-hydrogen) atoms. The first-order chi connectivity index (χ1) is 10.3. The Morgan fingerprint density at radius 3 is 2.45 bits per heavy atom. The molecule has 124 valence electrons. The minimum Gasteiger partial charge on any atom is -0.459 e. The second-order valence-electron chi connectivity index (χ2n) is 9.64. The third kappa shape index (κ3) is 1.70. The second-order valence-corrected chi connectivity index (χ2v) is 9.64. The highest BCUT2D eigenvalue weighted by atomic mass is 16.6. The lowest BCUT2D eigenvalue weighted by molar-refractivity contribution is -0.174. The van der Waals surface area contributed by atoms with Crippen molar-refractivity contribution in [2.45, 2.75) is 72.3 Å². The first-order valence-corrected chi connectivity index (χ1v) is 9.52. The van der Waals surface area contributed by atoms with Crippen LogP contribution in [0.4, 0.5) is 0 Å². The van der Waals surface area contributed by atoms with E-state index in [0.29, 0.717) is 11.3 Å². The standard InChI is InChI=1S/C20H32O2/c1-6-11(2)18(21)22-20(5)10-14-15-12-7-8-13(9-12)16(15)17(20)19(14,3)4/h11-17H,6-10H2,1-5H3. The molecule has 0 aromatic carbocycles. The second kappa shape index (κ2) is 4.51. The van der Waals surface area contributed by atoms with Crippen LogP contribution in [0, 0.1) is 46.8 Å². The number of carbonyl (C=O) groups is 1. The fourth-order valence-corrected chi connectivity index (χ4v) is 7.45. The van der Waals surface area contributed by atoms with Gasteiger partial charge in [0.1, 0.15) is 5.60 Å². The molecule has 0 amide bonds. The average molecular weight is 304 g/mol. The molecule has 0 aliphatic heterocycles. The van der Waals surface area contributed by atoms with Crippen LogP contribution in [0.15, 0.2) is 0 Å². The maximum Gasteiger partial charge on any atom is 0.309 e. The van der Waals surface area contributed by atoms with Crippen molar-refractivity contribution in [3.05, 3.63) is 0 Å². The van der Waals surface area contributed by atoms with E-state index in [4.69, 9.17) is 4.74 Å². The van der Waals surface area contributed by atoms with Gasteiger partial charge in [-0.2, -0.15) is 0 Å². The van der Waals surface area contributed by atoms with Crippen molar-refractivity contribution >= 4 is 5.97 Å². The summed E-state index contributed by atoms with van der Waals surface area (Å²) in [5.74, 6) is 5.11. The number of fused-ring (bicyclic) bond motifs is 9. The van der Waals surface area contributed by atoms with Crippen LogP contribution < -0.4 is 0 Å². The third-order valence-corrected chi connectivity index (χ3v) is 8.29. The molecule has 0 N–H and O–H groups in total. The molecule has 4 aliphatic carbocycles. The van der Waals surface area contributed by atoms with E-state index in [-0.39, 0.29) is 17.5 Å². The van der Waals surface area contributed by atoms with Gasteiger partial charge in [0.15, 0.2) is 0 Å². The van der Waals surface area contributed by atoms with E-state index in [1.807, 2.05) is 6.92 Å². The smallest absolute Gasteiger partial charge is 0.309 e. The van der Waals surface area contributed by atoms with Gasteiger partial charge in [-0.15, -0.1) is 0 Å². The highest BCUT2D eigenvalue weighted by molar-refractivity contribution is 5.72. The van der Waals surface area contributed by atoms with Gasteiger partial charge < -0.3 is 4.74 Å². The quantitative estimate of drug-likeness (QED) is 0.559. The largest absolute Gasteiger partial charge is 0.459 e. The Balaban J connectivity index is 1.63. The minimum atomic E-state index is -0.208. The van der Waals surface area contributed by atoms with Gasteiger partial charge in [0.05, 0.1) is 5.92 Å². The topological polar surface area (TPSA) is 26.3 Å². The van der Waals surface area contributed by atoms with Gasteiger partial charge >= 0.3 is 5.97 Å². The summed E-state index contributed by atoms with van der Waals surface area (Å²) in [5, 5.41) is 0. The van der Waals surface area contributed by atoms with Crippen LogP contribution in [0.3, 0.4) is 0 Å². The maximum absolute atomic E-state index is 12.5. The van der Waals surface area contributed by atoms with Crippen molar-refractivity contribution in [1.29, 1.82) is 0 Å². The Bertz CT molecular complexity index is 496. The fourth-order valence-electron chi connectivity index (χ4n) is 7.45. The van der Waals surface area contributed by atoms with Crippen LogP contribution in [0.25, 0.3) is 0 Å². The zero-order valence-electron chi connectivity index (χ0n) is 14.9. The number of rotatable bonds is 3. The SMILES string of the molecule is CCC(C)C(=O)OC1(C)CC2C3C4CCC(C4)C3C1C2(C)C. The van der Waals surface area contributed by atoms with Gasteiger partial charge in [-0.3, -0.25) is 4.79 Å². The minimum absolute atomic E-state index is 0.0352. The number of esters is 1. The number of hydrogen-bond donors (Lipinski definition) is 0. The van der Waals surface area contributed by atoms with Crippen molar-refractivity contribution in [1.82, 2.24) is 0 Å². The first kappa shape index (κ1) is 15.0. The van der Waals surface area contributed by atoms with Crippen LogP contribution in [-0.2, 0) is 9.53 Å². The predicted octanol–water partition coefficient (Wildman–Crippen LogP) is 4.67. The van der Waals surface area contributed by atoms with Gasteiger partial charge in [0.2, 0.25) is 0 Å². The van der Waals surface area contributed by atoms with Gasteiger partial charge in [0.25, 0.3) is 0 Å². The summed E-state index contributed by atoms with van der Waals surface area (Å²) in [5.41, 5.74) is 0.140. The van der Waals surface area contributed by atoms with Crippen LogP contribution in [0.5, 0.6) is 0 Å². The molecule has 4 bridgehead atoms. The summed E-state index contributed by atoms with van der Waals surface area (Å²) >= 11 is 0. The lowest BCUT2D eigenvalue weighted by atomic mass is 9.66. The molecule has 4 aliphatic rings. The lowest BCUT2D eigenvalue weighted by Crippen LogP contribution is -2.47. The number of hydrogen-bond acceptors (Lipinski definition) is 2. The van der Waals surface area contributed by atoms with Crippen LogP contribution in [0.1, 0.15) is 66.7 Å². The number of ether oxygens (including phenoxy) is 1. The summed E-state index contributed by atoms with van der Waals surface area (Å²) in [4.78, 5) is 12.5. The molecule has 0 spiro atoms. The van der Waals surface area contributed by atoms with Crippen LogP contribution in [-0.4, -0.2) is 11.6 Å². The van der Waals surface area contributed by atoms with Crippen molar-refractivity contribution in [2.75, 3.05) is 0 Å². The van der Waals surface area contributed by atoms with Crippen molar-refractivity contribution in [2.24, 2.45) is 46.8 Å². The Kier molecular flexibility index (Phi) is 3.08. The molecule has 0 heterocycles. The van der Waals surface area contributed by atoms with E-state index in [1.54, 1.807) is 0 Å². The van der Waals surface area contributed by atoms with E-state index < -0.39 is 0 Å². The molecule has 4 saturated carbocycles. The van der Waals surface area contributed by atoms with Crippen LogP contribution in [0.2, 0.25) is 0 Å². The van der Waals surface area contributed by atoms with E-state index in [1.165, 1.54) is 19.3 Å². The molecule has 4 rings (SSSR count). The van der Waals surface area contributed by atoms with Gasteiger partial charge in [-0.25, -0.2) is 0 Å². The Morgan fingerprint density at radius 2 is 1.82 bits per heavy atom. The van der Waals surface area contributed by atoms with Crippen LogP contribution >= 0.6 is 0 Å². The monoisotopic (exact) mass is 304 g/mol. The van der Waals surface area contributed by atoms with E-state index in [9.17, 15) is 4.79 Å². The molecular formula is C20H32O2. The van der Waals surface area contributed by atoms with E-state index in [0.717, 1.165) is 42.4 Å². The zero-order chi connectivity index (χ0) is 15.9. The highest BCUT2D eigenvalue weighted by Gasteiger charge is 2.73. The molecule has 2 heteroatoms. The molecule has 0 aromatic rings. The molecule has 0 aromatic heterocycles. The summed E-state index contributed by atoms with van der Waals surface area (Å²) in [6.07, 6.45) is 6.35. The van der Waals surface area contributed by atoms with E-state index in [2.05, 4.69) is 27.7 Å². The Hall–Kier alpha value is -0.530. The summed E-state index contributed by atoms with van der Waals surface area (Å²) < 4.78 is 6.20. The number of carbonyl (C=O) groups excluding carboxylic acids is 1. The average Bonchev–Trinajstić information content (AvgIpc) is 3.14. The normalized spacial score (nSPS) is 51.9. The first-order valence-electron chi connectivity index (χ1n) is 9.52. The Labute approximate surface area is 135 Å². The molecule has 8 atom stereocenters. The summed E-state index contributed by atoms with van der Waals surface area (Å²) in [6.45, 7) is 11.3. The van der Waals surface area contributed by atoms with Crippen molar-refractivity contribution in [3.8, 4) is 0 Å². The molecule has 4 fully saturated rings. The molecule has 0 saturated heterocycles. The highest BCUT2D eigenvalue weighted by Crippen LogP contribution is 2.76. The van der Waals surface area contributed by atoms with Crippen molar-refractivity contribution in [3.63, 3.8) is 0 Å². The lowest BCUT2D eigenvalue weighted by Gasteiger charge is -2.44. The molecular weight excluding hydrogens is 272 g/mol. The van der Waals surface area contributed by atoms with Gasteiger partial charge in [0, 0.05) is 5.92 Å². The molecule has 8 unspecified atom stereocenters. The Morgan fingerprint density at radius 1 is 1.18 bits per heavy atom. The summed E-state index contributed by atoms with van der Waals surface area (Å²) in [6, 6.07) is 0. The third-order valence-electron chi connectivity index (χ3n) is 8.29. The molecule has 2 nitrogen and oxygen atoms in total. The van der Waals surface area contributed by atoms with Gasteiger partial charge in [-0.05, 0) is 74.0 Å². The van der Waals surface area contributed by atoms with Crippen molar-refractivity contribution < 1.29 is 9.53 Å². The van der Waals surface area contributed by atoms with E-state index >= 15 is 0 Å². The maximum atomic E-state index is 12.5.